The van der Waals surface area contributed by atoms with E-state index in [-0.39, 0.29) is 11.8 Å². The molecule has 142 valence electrons. The second-order valence-corrected chi connectivity index (χ2v) is 6.65. The Balaban J connectivity index is 1.49. The van der Waals surface area contributed by atoms with Crippen molar-refractivity contribution in [2.75, 3.05) is 5.32 Å². The molecule has 0 saturated carbocycles. The van der Waals surface area contributed by atoms with Gasteiger partial charge in [0.2, 0.25) is 5.91 Å². The van der Waals surface area contributed by atoms with Crippen LogP contribution >= 0.6 is 0 Å². The molecule has 0 atom stereocenters. The minimum Gasteiger partial charge on any atom is -0.352 e. The maximum Gasteiger partial charge on any atom is 0.255 e. The molecular weight excluding hydrogens is 350 g/mol. The van der Waals surface area contributed by atoms with Crippen LogP contribution in [-0.2, 0) is 17.8 Å². The topological polar surface area (TPSA) is 71.1 Å². The zero-order valence-electron chi connectivity index (χ0n) is 15.8. The van der Waals surface area contributed by atoms with Gasteiger partial charge in [0, 0.05) is 36.6 Å². The summed E-state index contributed by atoms with van der Waals surface area (Å²) in [6, 6.07) is 19.0. The molecule has 2 N–H and O–H groups in total. The van der Waals surface area contributed by atoms with Gasteiger partial charge in [-0.2, -0.15) is 0 Å². The number of nitrogens with zero attached hydrogens (tertiary/aromatic N) is 1. The molecule has 3 rings (SSSR count). The first kappa shape index (κ1) is 19.3. The SMILES string of the molecule is Cc1ccc(CCC(=O)NCc2cccc(NC(=O)c3ccncc3)c2)cc1. The zero-order chi connectivity index (χ0) is 19.8. The van der Waals surface area contributed by atoms with E-state index < -0.39 is 0 Å². The molecule has 1 aromatic heterocycles. The fourth-order valence-corrected chi connectivity index (χ4v) is 2.77. The molecule has 0 aliphatic rings. The molecule has 1 heterocycles. The number of aromatic nitrogens is 1. The molecule has 0 saturated heterocycles. The van der Waals surface area contributed by atoms with Crippen LogP contribution in [0.3, 0.4) is 0 Å². The van der Waals surface area contributed by atoms with Gasteiger partial charge < -0.3 is 10.6 Å². The van der Waals surface area contributed by atoms with E-state index in [1.165, 1.54) is 5.56 Å². The van der Waals surface area contributed by atoms with Crippen LogP contribution in [0.15, 0.2) is 73.1 Å². The van der Waals surface area contributed by atoms with Crippen molar-refractivity contribution in [3.8, 4) is 0 Å². The first-order valence-corrected chi connectivity index (χ1v) is 9.23. The maximum absolute atomic E-state index is 12.2. The molecule has 5 heteroatoms. The second kappa shape index (κ2) is 9.46. The molecule has 28 heavy (non-hydrogen) atoms. The Kier molecular flexibility index (Phi) is 6.52. The van der Waals surface area contributed by atoms with Crippen LogP contribution in [-0.4, -0.2) is 16.8 Å². The van der Waals surface area contributed by atoms with Crippen LogP contribution in [0.4, 0.5) is 5.69 Å². The van der Waals surface area contributed by atoms with Gasteiger partial charge in [-0.05, 0) is 48.7 Å². The Morgan fingerprint density at radius 2 is 1.68 bits per heavy atom. The van der Waals surface area contributed by atoms with Gasteiger partial charge in [0.05, 0.1) is 0 Å². The van der Waals surface area contributed by atoms with Crippen molar-refractivity contribution in [3.05, 3.63) is 95.3 Å². The monoisotopic (exact) mass is 373 g/mol. The third kappa shape index (κ3) is 5.77. The number of hydrogen-bond acceptors (Lipinski definition) is 3. The molecule has 0 aliphatic carbocycles. The van der Waals surface area contributed by atoms with Crippen LogP contribution in [0.5, 0.6) is 0 Å². The molecule has 0 aliphatic heterocycles. The quantitative estimate of drug-likeness (QED) is 0.660. The number of rotatable bonds is 7. The third-order valence-corrected chi connectivity index (χ3v) is 4.38. The summed E-state index contributed by atoms with van der Waals surface area (Å²) in [6.45, 7) is 2.47. The van der Waals surface area contributed by atoms with Gasteiger partial charge in [0.15, 0.2) is 0 Å². The molecule has 0 bridgehead atoms. The molecule has 0 radical (unpaired) electrons. The average Bonchev–Trinajstić information content (AvgIpc) is 2.73. The van der Waals surface area contributed by atoms with E-state index in [2.05, 4.69) is 39.9 Å². The number of aryl methyl sites for hydroxylation is 2. The maximum atomic E-state index is 12.2. The largest absolute Gasteiger partial charge is 0.352 e. The van der Waals surface area contributed by atoms with Crippen LogP contribution in [0.25, 0.3) is 0 Å². The highest BCUT2D eigenvalue weighted by Gasteiger charge is 2.07. The van der Waals surface area contributed by atoms with Gasteiger partial charge in [0.1, 0.15) is 0 Å². The molecule has 0 spiro atoms. The lowest BCUT2D eigenvalue weighted by atomic mass is 10.1. The van der Waals surface area contributed by atoms with E-state index in [4.69, 9.17) is 0 Å². The summed E-state index contributed by atoms with van der Waals surface area (Å²) in [5.41, 5.74) is 4.53. The van der Waals surface area contributed by atoms with Crippen molar-refractivity contribution < 1.29 is 9.59 Å². The van der Waals surface area contributed by atoms with E-state index >= 15 is 0 Å². The highest BCUT2D eigenvalue weighted by atomic mass is 16.2. The van der Waals surface area contributed by atoms with Crippen molar-refractivity contribution in [1.29, 1.82) is 0 Å². The lowest BCUT2D eigenvalue weighted by Gasteiger charge is -2.09. The fourth-order valence-electron chi connectivity index (χ4n) is 2.77. The number of benzene rings is 2. The van der Waals surface area contributed by atoms with Gasteiger partial charge in [-0.15, -0.1) is 0 Å². The summed E-state index contributed by atoms with van der Waals surface area (Å²) in [6.07, 6.45) is 4.32. The first-order chi connectivity index (χ1) is 13.6. The minimum absolute atomic E-state index is 0.00630. The molecule has 3 aromatic rings. The van der Waals surface area contributed by atoms with Crippen LogP contribution in [0.1, 0.15) is 33.5 Å². The number of anilines is 1. The Labute approximate surface area is 164 Å². The van der Waals surface area contributed by atoms with Gasteiger partial charge in [0.25, 0.3) is 5.91 Å². The summed E-state index contributed by atoms with van der Waals surface area (Å²) in [4.78, 5) is 28.2. The van der Waals surface area contributed by atoms with Crippen molar-refractivity contribution in [2.24, 2.45) is 0 Å². The molecule has 2 amide bonds. The Hall–Kier alpha value is -3.47. The van der Waals surface area contributed by atoms with E-state index in [9.17, 15) is 9.59 Å². The normalized spacial score (nSPS) is 10.3. The van der Waals surface area contributed by atoms with Crippen LogP contribution in [0, 0.1) is 6.92 Å². The standard InChI is InChI=1S/C23H23N3O2/c1-17-5-7-18(8-6-17)9-10-22(27)25-16-19-3-2-4-21(15-19)26-23(28)20-11-13-24-14-12-20/h2-8,11-15H,9-10,16H2,1H3,(H,25,27)(H,26,28). The summed E-state index contributed by atoms with van der Waals surface area (Å²) in [7, 11) is 0. The number of carbonyl (C=O) groups is 2. The Morgan fingerprint density at radius 1 is 0.929 bits per heavy atom. The Bertz CT molecular complexity index is 938. The second-order valence-electron chi connectivity index (χ2n) is 6.65. The average molecular weight is 373 g/mol. The van der Waals surface area contributed by atoms with Crippen molar-refractivity contribution >= 4 is 17.5 Å². The fraction of sp³-hybridized carbons (Fsp3) is 0.174. The zero-order valence-corrected chi connectivity index (χ0v) is 15.8. The highest BCUT2D eigenvalue weighted by molar-refractivity contribution is 6.04. The first-order valence-electron chi connectivity index (χ1n) is 9.23. The third-order valence-electron chi connectivity index (χ3n) is 4.38. The number of nitrogens with one attached hydrogen (secondary N) is 2. The van der Waals surface area contributed by atoms with Crippen molar-refractivity contribution in [1.82, 2.24) is 10.3 Å². The van der Waals surface area contributed by atoms with E-state index in [1.807, 2.05) is 31.2 Å². The van der Waals surface area contributed by atoms with E-state index in [1.54, 1.807) is 24.5 Å². The molecular formula is C23H23N3O2. The van der Waals surface area contributed by atoms with Crippen LogP contribution < -0.4 is 10.6 Å². The summed E-state index contributed by atoms with van der Waals surface area (Å²) < 4.78 is 0. The number of amides is 2. The lowest BCUT2D eigenvalue weighted by Crippen LogP contribution is -2.23. The Morgan fingerprint density at radius 3 is 2.43 bits per heavy atom. The van der Waals surface area contributed by atoms with E-state index in [0.29, 0.717) is 30.6 Å². The highest BCUT2D eigenvalue weighted by Crippen LogP contribution is 2.12. The molecule has 5 nitrogen and oxygen atoms in total. The van der Waals surface area contributed by atoms with Gasteiger partial charge in [-0.1, -0.05) is 42.0 Å². The predicted octanol–water partition coefficient (Wildman–Crippen LogP) is 3.89. The summed E-state index contributed by atoms with van der Waals surface area (Å²) in [5.74, 6) is -0.187. The summed E-state index contributed by atoms with van der Waals surface area (Å²) >= 11 is 0. The smallest absolute Gasteiger partial charge is 0.255 e. The van der Waals surface area contributed by atoms with Crippen molar-refractivity contribution in [3.63, 3.8) is 0 Å². The van der Waals surface area contributed by atoms with Crippen molar-refractivity contribution in [2.45, 2.75) is 26.3 Å². The molecule has 0 unspecified atom stereocenters. The molecule has 2 aromatic carbocycles. The predicted molar refractivity (Wildman–Crippen MR) is 110 cm³/mol. The van der Waals surface area contributed by atoms with Gasteiger partial charge in [-0.25, -0.2) is 0 Å². The van der Waals surface area contributed by atoms with E-state index in [0.717, 1.165) is 11.1 Å². The number of hydrogen-bond donors (Lipinski definition) is 2. The number of carbonyl (C=O) groups excluding carboxylic acids is 2. The molecule has 0 fully saturated rings. The number of pyridine rings is 1. The minimum atomic E-state index is -0.193. The summed E-state index contributed by atoms with van der Waals surface area (Å²) in [5, 5.41) is 5.79. The van der Waals surface area contributed by atoms with Gasteiger partial charge >= 0.3 is 0 Å². The van der Waals surface area contributed by atoms with Crippen LogP contribution in [0.2, 0.25) is 0 Å². The lowest BCUT2D eigenvalue weighted by molar-refractivity contribution is -0.121. The van der Waals surface area contributed by atoms with Gasteiger partial charge in [-0.3, -0.25) is 14.6 Å².